The molecule has 57 heavy (non-hydrogen) atoms. The number of hydrogen-bond acceptors (Lipinski definition) is 4. The predicted molar refractivity (Wildman–Crippen MR) is 235 cm³/mol. The Kier molecular flexibility index (Phi) is 6.83. The molecule has 11 aromatic rings. The Bertz CT molecular complexity index is 3460. The molecule has 0 amide bonds. The fourth-order valence-corrected chi connectivity index (χ4v) is 8.03. The first-order chi connectivity index (χ1) is 29.9. The van der Waals surface area contributed by atoms with Crippen LogP contribution >= 0.6 is 0 Å². The van der Waals surface area contributed by atoms with Crippen molar-refractivity contribution in [2.24, 2.45) is 0 Å². The molecule has 0 aliphatic heterocycles. The highest BCUT2D eigenvalue weighted by Crippen LogP contribution is 2.45. The van der Waals surface area contributed by atoms with E-state index in [-0.39, 0.29) is 24.2 Å². The Hall–Kier alpha value is -7.69. The van der Waals surface area contributed by atoms with Crippen molar-refractivity contribution in [1.82, 2.24) is 15.0 Å². The summed E-state index contributed by atoms with van der Waals surface area (Å²) >= 11 is 0. The number of hydrogen-bond donors (Lipinski definition) is 0. The van der Waals surface area contributed by atoms with Crippen LogP contribution in [0.4, 0.5) is 0 Å². The zero-order valence-corrected chi connectivity index (χ0v) is 30.5. The number of para-hydroxylation sites is 1. The summed E-state index contributed by atoms with van der Waals surface area (Å²) in [4.78, 5) is 15.0. The van der Waals surface area contributed by atoms with Gasteiger partial charge in [-0.15, -0.1) is 0 Å². The van der Waals surface area contributed by atoms with Crippen molar-refractivity contribution in [3.8, 4) is 67.5 Å². The van der Waals surface area contributed by atoms with Gasteiger partial charge in [0.15, 0.2) is 17.5 Å². The highest BCUT2D eigenvalue weighted by molar-refractivity contribution is 6.19. The zero-order valence-electron chi connectivity index (χ0n) is 34.5. The Morgan fingerprint density at radius 1 is 0.333 bits per heavy atom. The van der Waals surface area contributed by atoms with E-state index < -0.39 is 0 Å². The van der Waals surface area contributed by atoms with E-state index in [2.05, 4.69) is 48.5 Å². The van der Waals surface area contributed by atoms with E-state index in [1.54, 1.807) is 6.07 Å². The van der Waals surface area contributed by atoms with Gasteiger partial charge in [0.2, 0.25) is 0 Å². The van der Waals surface area contributed by atoms with Crippen molar-refractivity contribution >= 4 is 43.5 Å². The molecule has 266 valence electrons. The second-order valence-corrected chi connectivity index (χ2v) is 14.0. The molecule has 0 spiro atoms. The molecule has 9 aromatic carbocycles. The summed E-state index contributed by atoms with van der Waals surface area (Å²) in [5, 5.41) is 5.15. The number of rotatable bonds is 6. The van der Waals surface area contributed by atoms with E-state index in [0.29, 0.717) is 50.5 Å². The van der Waals surface area contributed by atoms with E-state index in [4.69, 9.17) is 23.5 Å². The van der Waals surface area contributed by atoms with Crippen LogP contribution < -0.4 is 0 Å². The van der Waals surface area contributed by atoms with Crippen molar-refractivity contribution in [3.05, 3.63) is 200 Å². The summed E-state index contributed by atoms with van der Waals surface area (Å²) in [6.07, 6.45) is 0. The Labute approximate surface area is 335 Å². The first-order valence-corrected chi connectivity index (χ1v) is 18.9. The predicted octanol–water partition coefficient (Wildman–Crippen LogP) is 14.1. The molecule has 11 rings (SSSR count). The maximum Gasteiger partial charge on any atom is 0.164 e. The monoisotopic (exact) mass is 731 g/mol. The van der Waals surface area contributed by atoms with Gasteiger partial charge in [-0.25, -0.2) is 15.0 Å². The van der Waals surface area contributed by atoms with Gasteiger partial charge in [-0.3, -0.25) is 0 Å². The molecule has 2 heterocycles. The Balaban J connectivity index is 1.11. The largest absolute Gasteiger partial charge is 0.455 e. The zero-order chi connectivity index (χ0) is 41.2. The smallest absolute Gasteiger partial charge is 0.164 e. The molecule has 0 unspecified atom stereocenters. The quantitative estimate of drug-likeness (QED) is 0.171. The first kappa shape index (κ1) is 28.7. The normalized spacial score (nSPS) is 12.5. The lowest BCUT2D eigenvalue weighted by molar-refractivity contribution is 0.670. The standard InChI is InChI=1S/C53H33N3O/c1-4-16-34(17-5-1)37-26-14-28-47-49-45(27-15-29-48(49)57-50(37)47)44-31-30-42(38-22-10-11-23-39(38)44)43-32-33-46(41-25-13-12-24-40(41)43)53-55-51(35-18-6-2-7-19-35)54-52(56-53)36-20-8-3-9-21-36/h1-33H/i14D,26D,27D,29D. The molecule has 0 saturated carbocycles. The summed E-state index contributed by atoms with van der Waals surface area (Å²) in [6, 6.07) is 57.9. The summed E-state index contributed by atoms with van der Waals surface area (Å²) in [7, 11) is 0. The highest BCUT2D eigenvalue weighted by Gasteiger charge is 2.20. The minimum Gasteiger partial charge on any atom is -0.455 e. The number of nitrogens with zero attached hydrogens (tertiary/aromatic N) is 3. The Morgan fingerprint density at radius 2 is 0.789 bits per heavy atom. The third-order valence-electron chi connectivity index (χ3n) is 10.7. The molecule has 0 atom stereocenters. The van der Waals surface area contributed by atoms with Gasteiger partial charge < -0.3 is 4.42 Å². The van der Waals surface area contributed by atoms with Crippen molar-refractivity contribution in [2.45, 2.75) is 0 Å². The maximum absolute atomic E-state index is 9.34. The van der Waals surface area contributed by atoms with Gasteiger partial charge in [-0.1, -0.05) is 188 Å². The van der Waals surface area contributed by atoms with E-state index in [9.17, 15) is 1.37 Å². The van der Waals surface area contributed by atoms with Gasteiger partial charge in [0.1, 0.15) is 11.2 Å². The molecule has 0 radical (unpaired) electrons. The molecule has 4 heteroatoms. The van der Waals surface area contributed by atoms with Gasteiger partial charge in [0, 0.05) is 33.0 Å². The third-order valence-corrected chi connectivity index (χ3v) is 10.7. The average molecular weight is 732 g/mol. The van der Waals surface area contributed by atoms with E-state index in [1.807, 2.05) is 115 Å². The van der Waals surface area contributed by atoms with Crippen LogP contribution in [-0.2, 0) is 0 Å². The van der Waals surface area contributed by atoms with Crippen LogP contribution in [0, 0.1) is 0 Å². The fraction of sp³-hybridized carbons (Fsp3) is 0. The lowest BCUT2D eigenvalue weighted by Crippen LogP contribution is -2.00. The van der Waals surface area contributed by atoms with Gasteiger partial charge in [0.25, 0.3) is 0 Å². The number of aromatic nitrogens is 3. The average Bonchev–Trinajstić information content (AvgIpc) is 3.68. The molecular formula is C53H33N3O. The summed E-state index contributed by atoms with van der Waals surface area (Å²) in [6.45, 7) is 0. The summed E-state index contributed by atoms with van der Waals surface area (Å²) < 4.78 is 42.5. The van der Waals surface area contributed by atoms with Crippen molar-refractivity contribution in [1.29, 1.82) is 0 Å². The summed E-state index contributed by atoms with van der Waals surface area (Å²) in [5.41, 5.74) is 8.17. The van der Waals surface area contributed by atoms with Crippen LogP contribution in [0.25, 0.3) is 111 Å². The van der Waals surface area contributed by atoms with Crippen molar-refractivity contribution in [2.75, 3.05) is 0 Å². The van der Waals surface area contributed by atoms with Gasteiger partial charge >= 0.3 is 0 Å². The highest BCUT2D eigenvalue weighted by atomic mass is 16.3. The first-order valence-electron chi connectivity index (χ1n) is 20.9. The molecular weight excluding hydrogens is 695 g/mol. The third kappa shape index (κ3) is 5.58. The number of fused-ring (bicyclic) bond motifs is 5. The molecule has 0 saturated heterocycles. The number of furan rings is 1. The SMILES string of the molecule is [2H]c1cc2c(oc3c([2H])cc([2H])c(-c4ccc(-c5ccc(-c6nc(-c7ccccc7)nc(-c7ccccc7)n6)c6ccccc56)c5ccccc45)c32)c(-c2ccccc2)c1[2H]. The molecule has 0 aliphatic carbocycles. The molecule has 0 fully saturated rings. The van der Waals surface area contributed by atoms with Gasteiger partial charge in [-0.2, -0.15) is 0 Å². The lowest BCUT2D eigenvalue weighted by atomic mass is 9.88. The molecule has 4 nitrogen and oxygen atoms in total. The van der Waals surface area contributed by atoms with Crippen molar-refractivity contribution in [3.63, 3.8) is 0 Å². The van der Waals surface area contributed by atoms with Gasteiger partial charge in [0.05, 0.1) is 5.48 Å². The second-order valence-electron chi connectivity index (χ2n) is 14.0. The van der Waals surface area contributed by atoms with Crippen LogP contribution in [-0.4, -0.2) is 15.0 Å². The van der Waals surface area contributed by atoms with Crippen LogP contribution in [0.1, 0.15) is 5.48 Å². The topological polar surface area (TPSA) is 51.8 Å². The van der Waals surface area contributed by atoms with E-state index in [0.717, 1.165) is 60.5 Å². The fourth-order valence-electron chi connectivity index (χ4n) is 8.03. The van der Waals surface area contributed by atoms with Crippen LogP contribution in [0.3, 0.4) is 0 Å². The minimum atomic E-state index is 0.0437. The van der Waals surface area contributed by atoms with Crippen molar-refractivity contribution < 1.29 is 9.90 Å². The van der Waals surface area contributed by atoms with E-state index >= 15 is 0 Å². The summed E-state index contributed by atoms with van der Waals surface area (Å²) in [5.74, 6) is 1.78. The van der Waals surface area contributed by atoms with Crippen LogP contribution in [0.5, 0.6) is 0 Å². The number of benzene rings is 9. The lowest BCUT2D eigenvalue weighted by Gasteiger charge is -2.16. The van der Waals surface area contributed by atoms with E-state index in [1.165, 1.54) is 6.07 Å². The van der Waals surface area contributed by atoms with Crippen LogP contribution in [0.2, 0.25) is 0 Å². The van der Waals surface area contributed by atoms with Gasteiger partial charge in [-0.05, 0) is 61.5 Å². The molecule has 2 aromatic heterocycles. The molecule has 0 N–H and O–H groups in total. The minimum absolute atomic E-state index is 0.0437. The Morgan fingerprint density at radius 3 is 1.35 bits per heavy atom. The molecule has 0 aliphatic rings. The second kappa shape index (κ2) is 13.6. The maximum atomic E-state index is 9.34. The van der Waals surface area contributed by atoms with Crippen LogP contribution in [0.15, 0.2) is 205 Å². The molecule has 0 bridgehead atoms.